The highest BCUT2D eigenvalue weighted by atomic mass is 16.5. The van der Waals surface area contributed by atoms with Gasteiger partial charge in [-0.2, -0.15) is 5.26 Å². The molecule has 0 radical (unpaired) electrons. The van der Waals surface area contributed by atoms with Crippen molar-refractivity contribution in [1.82, 2.24) is 5.32 Å². The van der Waals surface area contributed by atoms with Crippen LogP contribution in [-0.4, -0.2) is 32.8 Å². The smallest absolute Gasteiger partial charge is 0.234 e. The fourth-order valence-corrected chi connectivity index (χ4v) is 2.92. The number of hydrogen-bond donors (Lipinski definition) is 1. The average molecular weight is 396 g/mol. The van der Waals surface area contributed by atoms with Crippen LogP contribution in [-0.2, 0) is 11.2 Å². The van der Waals surface area contributed by atoms with Crippen molar-refractivity contribution in [2.75, 3.05) is 26.9 Å². The lowest BCUT2D eigenvalue weighted by Crippen LogP contribution is -2.24. The molecule has 6 nitrogen and oxygen atoms in total. The normalized spacial score (nSPS) is 10.2. The topological polar surface area (TPSA) is 80.6 Å². The Morgan fingerprint density at radius 1 is 1.03 bits per heavy atom. The summed E-state index contributed by atoms with van der Waals surface area (Å²) in [6.45, 7) is 7.43. The molecule has 0 aromatic heterocycles. The highest BCUT2D eigenvalue weighted by Crippen LogP contribution is 2.28. The number of benzene rings is 2. The molecule has 2 aromatic rings. The summed E-state index contributed by atoms with van der Waals surface area (Å²) in [6.07, 6.45) is 0.507. The van der Waals surface area contributed by atoms with Crippen molar-refractivity contribution in [3.05, 3.63) is 52.6 Å². The lowest BCUT2D eigenvalue weighted by Gasteiger charge is -2.15. The van der Waals surface area contributed by atoms with Gasteiger partial charge in [0, 0.05) is 6.54 Å². The number of carbonyl (C=O) groups is 1. The first-order valence-corrected chi connectivity index (χ1v) is 9.58. The summed E-state index contributed by atoms with van der Waals surface area (Å²) < 4.78 is 17.1. The molecule has 6 heteroatoms. The second-order valence-electron chi connectivity index (χ2n) is 6.82. The lowest BCUT2D eigenvalue weighted by atomic mass is 10.1. The van der Waals surface area contributed by atoms with E-state index < -0.39 is 0 Å². The molecule has 0 saturated heterocycles. The van der Waals surface area contributed by atoms with E-state index in [1.807, 2.05) is 37.3 Å². The van der Waals surface area contributed by atoms with E-state index in [4.69, 9.17) is 19.5 Å². The second-order valence-corrected chi connectivity index (χ2v) is 6.82. The van der Waals surface area contributed by atoms with Gasteiger partial charge in [0.25, 0.3) is 0 Å². The average Bonchev–Trinajstić information content (AvgIpc) is 2.69. The maximum atomic E-state index is 11.4. The number of nitriles is 1. The Kier molecular flexibility index (Phi) is 8.35. The Hall–Kier alpha value is -3.20. The molecule has 2 aromatic carbocycles. The maximum Gasteiger partial charge on any atom is 0.234 e. The van der Waals surface area contributed by atoms with Gasteiger partial charge in [0.05, 0.1) is 13.2 Å². The zero-order valence-corrected chi connectivity index (χ0v) is 17.5. The summed E-state index contributed by atoms with van der Waals surface area (Å²) in [6, 6.07) is 11.7. The largest absolute Gasteiger partial charge is 0.493 e. The molecule has 0 aliphatic rings. The van der Waals surface area contributed by atoms with Crippen LogP contribution in [0.15, 0.2) is 30.3 Å². The highest BCUT2D eigenvalue weighted by Gasteiger charge is 2.08. The van der Waals surface area contributed by atoms with E-state index in [0.29, 0.717) is 37.7 Å². The number of methoxy groups -OCH3 is 1. The van der Waals surface area contributed by atoms with Crippen LogP contribution in [0.2, 0.25) is 0 Å². The predicted octanol–water partition coefficient (Wildman–Crippen LogP) is 3.65. The molecule has 29 heavy (non-hydrogen) atoms. The van der Waals surface area contributed by atoms with Crippen molar-refractivity contribution in [2.24, 2.45) is 0 Å². The molecule has 0 saturated carbocycles. The number of aryl methyl sites for hydroxylation is 2. The SMILES string of the molecule is COc1ccc(CCNC(=O)CC#N)cc1OCCOc1cc(C)cc(C)c1C. The molecule has 2 rings (SSSR count). The summed E-state index contributed by atoms with van der Waals surface area (Å²) in [4.78, 5) is 11.4. The summed E-state index contributed by atoms with van der Waals surface area (Å²) in [5.41, 5.74) is 4.51. The summed E-state index contributed by atoms with van der Waals surface area (Å²) >= 11 is 0. The van der Waals surface area contributed by atoms with E-state index in [2.05, 4.69) is 25.2 Å². The van der Waals surface area contributed by atoms with Crippen molar-refractivity contribution >= 4 is 5.91 Å². The molecule has 1 amide bonds. The van der Waals surface area contributed by atoms with Crippen LogP contribution >= 0.6 is 0 Å². The van der Waals surface area contributed by atoms with E-state index >= 15 is 0 Å². The molecule has 0 fully saturated rings. The van der Waals surface area contributed by atoms with E-state index in [-0.39, 0.29) is 12.3 Å². The van der Waals surface area contributed by atoms with Gasteiger partial charge in [-0.25, -0.2) is 0 Å². The minimum Gasteiger partial charge on any atom is -0.493 e. The van der Waals surface area contributed by atoms with Gasteiger partial charge in [0.15, 0.2) is 11.5 Å². The lowest BCUT2D eigenvalue weighted by molar-refractivity contribution is -0.120. The number of rotatable bonds is 10. The summed E-state index contributed by atoms with van der Waals surface area (Å²) in [5, 5.41) is 11.2. The van der Waals surface area contributed by atoms with Crippen LogP contribution in [0.3, 0.4) is 0 Å². The second kappa shape index (κ2) is 11.0. The van der Waals surface area contributed by atoms with Gasteiger partial charge < -0.3 is 19.5 Å². The molecule has 0 spiro atoms. The highest BCUT2D eigenvalue weighted by molar-refractivity contribution is 5.77. The van der Waals surface area contributed by atoms with Crippen LogP contribution in [0.5, 0.6) is 17.2 Å². The third-order valence-corrected chi connectivity index (χ3v) is 4.57. The molecule has 0 unspecified atom stereocenters. The first kappa shape index (κ1) is 22.1. The molecule has 0 aliphatic heterocycles. The number of ether oxygens (including phenoxy) is 3. The quantitative estimate of drug-likeness (QED) is 0.620. The van der Waals surface area contributed by atoms with Crippen LogP contribution in [0.25, 0.3) is 0 Å². The van der Waals surface area contributed by atoms with Gasteiger partial charge in [-0.05, 0) is 67.6 Å². The van der Waals surface area contributed by atoms with Crippen LogP contribution in [0.4, 0.5) is 0 Å². The fourth-order valence-electron chi connectivity index (χ4n) is 2.92. The van der Waals surface area contributed by atoms with Gasteiger partial charge in [-0.1, -0.05) is 12.1 Å². The van der Waals surface area contributed by atoms with Gasteiger partial charge in [-0.15, -0.1) is 0 Å². The van der Waals surface area contributed by atoms with Crippen molar-refractivity contribution in [3.8, 4) is 23.3 Å². The van der Waals surface area contributed by atoms with Gasteiger partial charge in [-0.3, -0.25) is 4.79 Å². The number of amides is 1. The molecule has 1 N–H and O–H groups in total. The zero-order valence-electron chi connectivity index (χ0n) is 17.5. The maximum absolute atomic E-state index is 11.4. The minimum absolute atomic E-state index is 0.128. The van der Waals surface area contributed by atoms with E-state index in [9.17, 15) is 4.79 Å². The molecular formula is C23H28N2O4. The van der Waals surface area contributed by atoms with Crippen LogP contribution in [0.1, 0.15) is 28.7 Å². The fraction of sp³-hybridized carbons (Fsp3) is 0.391. The monoisotopic (exact) mass is 396 g/mol. The van der Waals surface area contributed by atoms with Crippen LogP contribution < -0.4 is 19.5 Å². The molecular weight excluding hydrogens is 368 g/mol. The minimum atomic E-state index is -0.267. The molecule has 0 atom stereocenters. The Morgan fingerprint density at radius 3 is 2.45 bits per heavy atom. The van der Waals surface area contributed by atoms with E-state index in [1.165, 1.54) is 11.1 Å². The molecule has 0 bridgehead atoms. The number of hydrogen-bond acceptors (Lipinski definition) is 5. The van der Waals surface area contributed by atoms with Gasteiger partial charge in [0.1, 0.15) is 25.4 Å². The Morgan fingerprint density at radius 2 is 1.76 bits per heavy atom. The zero-order chi connectivity index (χ0) is 21.2. The first-order chi connectivity index (χ1) is 13.9. The Balaban J connectivity index is 1.90. The van der Waals surface area contributed by atoms with Crippen LogP contribution in [0, 0.1) is 32.1 Å². The summed E-state index contributed by atoms with van der Waals surface area (Å²) in [7, 11) is 1.60. The third-order valence-electron chi connectivity index (χ3n) is 4.57. The van der Waals surface area contributed by atoms with Crippen molar-refractivity contribution in [1.29, 1.82) is 5.26 Å². The van der Waals surface area contributed by atoms with E-state index in [0.717, 1.165) is 16.9 Å². The number of carbonyl (C=O) groups excluding carboxylic acids is 1. The molecule has 154 valence electrons. The standard InChI is InChI=1S/C23H28N2O4/c1-16-13-17(2)18(3)21(14-16)28-11-12-29-22-15-19(5-6-20(22)27-4)8-10-25-23(26)7-9-24/h5-6,13-15H,7-8,10-12H2,1-4H3,(H,25,26). The van der Waals surface area contributed by atoms with Crippen molar-refractivity contribution in [3.63, 3.8) is 0 Å². The molecule has 0 heterocycles. The molecule has 0 aliphatic carbocycles. The first-order valence-electron chi connectivity index (χ1n) is 9.58. The number of nitrogens with zero attached hydrogens (tertiary/aromatic N) is 1. The van der Waals surface area contributed by atoms with Crippen molar-refractivity contribution < 1.29 is 19.0 Å². The van der Waals surface area contributed by atoms with E-state index in [1.54, 1.807) is 7.11 Å². The van der Waals surface area contributed by atoms with Gasteiger partial charge >= 0.3 is 0 Å². The Bertz CT molecular complexity index is 887. The van der Waals surface area contributed by atoms with Crippen molar-refractivity contribution in [2.45, 2.75) is 33.6 Å². The number of nitrogens with one attached hydrogen (secondary N) is 1. The summed E-state index contributed by atoms with van der Waals surface area (Å²) in [5.74, 6) is 1.88. The predicted molar refractivity (Wildman–Crippen MR) is 112 cm³/mol. The van der Waals surface area contributed by atoms with Gasteiger partial charge in [0.2, 0.25) is 5.91 Å². The Labute approximate surface area is 172 Å². The third kappa shape index (κ3) is 6.72.